The van der Waals surface area contributed by atoms with Crippen LogP contribution in [-0.2, 0) is 16.1 Å². The Balaban J connectivity index is 1.59. The summed E-state index contributed by atoms with van der Waals surface area (Å²) in [6.07, 6.45) is 0. The molecule has 1 atom stereocenters. The summed E-state index contributed by atoms with van der Waals surface area (Å²) in [6, 6.07) is 12.4. The van der Waals surface area contributed by atoms with Crippen LogP contribution in [0.1, 0.15) is 19.4 Å². The van der Waals surface area contributed by atoms with Gasteiger partial charge >= 0.3 is 0 Å². The summed E-state index contributed by atoms with van der Waals surface area (Å²) >= 11 is 0. The van der Waals surface area contributed by atoms with Gasteiger partial charge in [0.15, 0.2) is 11.6 Å². The van der Waals surface area contributed by atoms with Crippen molar-refractivity contribution in [2.45, 2.75) is 26.4 Å². The molecule has 6 nitrogen and oxygen atoms in total. The van der Waals surface area contributed by atoms with Gasteiger partial charge in [-0.2, -0.15) is 0 Å². The molecule has 0 saturated carbocycles. The quantitative estimate of drug-likeness (QED) is 0.715. The monoisotopic (exact) mass is 415 g/mol. The highest BCUT2D eigenvalue weighted by Crippen LogP contribution is 2.21. The summed E-state index contributed by atoms with van der Waals surface area (Å²) in [6.45, 7) is 8.21. The molecule has 3 rings (SSSR count). The van der Waals surface area contributed by atoms with Gasteiger partial charge in [-0.1, -0.05) is 13.0 Å². The molecule has 2 aromatic rings. The van der Waals surface area contributed by atoms with Crippen molar-refractivity contribution in [3.63, 3.8) is 0 Å². The van der Waals surface area contributed by atoms with Crippen LogP contribution in [0.4, 0.5) is 15.8 Å². The Morgan fingerprint density at radius 2 is 1.93 bits per heavy atom. The minimum atomic E-state index is -0.400. The lowest BCUT2D eigenvalue weighted by Crippen LogP contribution is -2.41. The molecule has 0 radical (unpaired) electrons. The molecule has 1 aliphatic rings. The van der Waals surface area contributed by atoms with Crippen molar-refractivity contribution in [2.24, 2.45) is 0 Å². The molecule has 30 heavy (non-hydrogen) atoms. The summed E-state index contributed by atoms with van der Waals surface area (Å²) < 4.78 is 24.3. The van der Waals surface area contributed by atoms with E-state index in [0.717, 1.165) is 43.2 Å². The lowest BCUT2D eigenvalue weighted by molar-refractivity contribution is -0.120. The number of carbonyl (C=O) groups is 1. The zero-order valence-electron chi connectivity index (χ0n) is 17.9. The third-order valence-corrected chi connectivity index (χ3v) is 5.45. The van der Waals surface area contributed by atoms with Crippen LogP contribution in [0.15, 0.2) is 42.5 Å². The summed E-state index contributed by atoms with van der Waals surface area (Å²) in [5.74, 6) is -0.276. The van der Waals surface area contributed by atoms with E-state index in [1.165, 1.54) is 13.2 Å². The van der Waals surface area contributed by atoms with Gasteiger partial charge < -0.3 is 19.7 Å². The van der Waals surface area contributed by atoms with Crippen LogP contribution in [0.2, 0.25) is 0 Å². The third kappa shape index (κ3) is 5.49. The van der Waals surface area contributed by atoms with Gasteiger partial charge in [-0.25, -0.2) is 4.39 Å². The fraction of sp³-hybridized carbons (Fsp3) is 0.435. The summed E-state index contributed by atoms with van der Waals surface area (Å²) in [4.78, 5) is 17.1. The molecule has 0 aromatic heterocycles. The normalized spacial score (nSPS) is 15.2. The van der Waals surface area contributed by atoms with Gasteiger partial charge in [-0.3, -0.25) is 9.69 Å². The van der Waals surface area contributed by atoms with E-state index in [2.05, 4.69) is 10.2 Å². The molecule has 162 valence electrons. The maximum absolute atomic E-state index is 14.0. The highest BCUT2D eigenvalue weighted by molar-refractivity contribution is 5.94. The number of anilines is 2. The molecular formula is C23H30FN3O3. The van der Waals surface area contributed by atoms with E-state index in [-0.39, 0.29) is 17.7 Å². The molecule has 7 heteroatoms. The molecule has 0 bridgehead atoms. The predicted molar refractivity (Wildman–Crippen MR) is 117 cm³/mol. The molecular weight excluding hydrogens is 385 g/mol. The Labute approximate surface area is 177 Å². The smallest absolute Gasteiger partial charge is 0.241 e. The first-order valence-electron chi connectivity index (χ1n) is 10.3. The number of benzene rings is 2. The molecule has 1 fully saturated rings. The fourth-order valence-corrected chi connectivity index (χ4v) is 3.56. The SMILES string of the molecule is CCN(Cc1ccc(OC)c(F)c1)[C@H](C)C(=O)Nc1ccc(N2CCOCC2)cc1. The zero-order valence-corrected chi connectivity index (χ0v) is 17.9. The van der Waals surface area contributed by atoms with E-state index in [4.69, 9.17) is 9.47 Å². The number of nitrogens with one attached hydrogen (secondary N) is 1. The molecule has 0 aliphatic carbocycles. The second-order valence-electron chi connectivity index (χ2n) is 7.34. The molecule has 1 N–H and O–H groups in total. The van der Waals surface area contributed by atoms with Crippen molar-refractivity contribution in [1.82, 2.24) is 4.90 Å². The largest absolute Gasteiger partial charge is 0.494 e. The summed E-state index contributed by atoms with van der Waals surface area (Å²) in [5, 5.41) is 2.98. The minimum absolute atomic E-state index is 0.0926. The first-order chi connectivity index (χ1) is 14.5. The van der Waals surface area contributed by atoms with Crippen LogP contribution >= 0.6 is 0 Å². The lowest BCUT2D eigenvalue weighted by Gasteiger charge is -2.29. The van der Waals surface area contributed by atoms with Gasteiger partial charge in [-0.15, -0.1) is 0 Å². The highest BCUT2D eigenvalue weighted by Gasteiger charge is 2.21. The number of likely N-dealkylation sites (N-methyl/N-ethyl adjacent to an activating group) is 1. The van der Waals surface area contributed by atoms with Gasteiger partial charge in [0.25, 0.3) is 0 Å². The molecule has 0 spiro atoms. The van der Waals surface area contributed by atoms with E-state index < -0.39 is 5.82 Å². The number of hydrogen-bond acceptors (Lipinski definition) is 5. The first-order valence-corrected chi connectivity index (χ1v) is 10.3. The molecule has 2 aromatic carbocycles. The van der Waals surface area contributed by atoms with Gasteiger partial charge in [0.2, 0.25) is 5.91 Å². The lowest BCUT2D eigenvalue weighted by atomic mass is 10.1. The zero-order chi connectivity index (χ0) is 21.5. The second-order valence-corrected chi connectivity index (χ2v) is 7.34. The number of rotatable bonds is 8. The molecule has 0 unspecified atom stereocenters. The number of amides is 1. The maximum atomic E-state index is 14.0. The maximum Gasteiger partial charge on any atom is 0.241 e. The topological polar surface area (TPSA) is 54.0 Å². The molecule has 1 amide bonds. The van der Waals surface area contributed by atoms with Gasteiger partial charge in [-0.05, 0) is 55.4 Å². The second kappa shape index (κ2) is 10.4. The fourth-order valence-electron chi connectivity index (χ4n) is 3.56. The van der Waals surface area contributed by atoms with Crippen molar-refractivity contribution in [1.29, 1.82) is 0 Å². The van der Waals surface area contributed by atoms with Crippen LogP contribution < -0.4 is 15.0 Å². The van der Waals surface area contributed by atoms with E-state index >= 15 is 0 Å². The molecule has 1 aliphatic heterocycles. The highest BCUT2D eigenvalue weighted by atomic mass is 19.1. The van der Waals surface area contributed by atoms with E-state index in [0.29, 0.717) is 13.1 Å². The van der Waals surface area contributed by atoms with Gasteiger partial charge in [0.05, 0.1) is 26.4 Å². The summed E-state index contributed by atoms with van der Waals surface area (Å²) in [7, 11) is 1.44. The standard InChI is InChI=1S/C23H30FN3O3/c1-4-26(16-18-5-10-22(29-3)21(24)15-18)17(2)23(28)25-19-6-8-20(9-7-19)27-11-13-30-14-12-27/h5-10,15,17H,4,11-14,16H2,1-3H3,(H,25,28)/t17-/m1/s1. The van der Waals surface area contributed by atoms with Crippen LogP contribution in [-0.4, -0.2) is 56.8 Å². The Hall–Kier alpha value is -2.64. The average Bonchev–Trinajstić information content (AvgIpc) is 2.78. The minimum Gasteiger partial charge on any atom is -0.494 e. The number of nitrogens with zero attached hydrogens (tertiary/aromatic N) is 2. The number of hydrogen-bond donors (Lipinski definition) is 1. The number of ether oxygens (including phenoxy) is 2. The Morgan fingerprint density at radius 3 is 2.53 bits per heavy atom. The van der Waals surface area contributed by atoms with Crippen molar-refractivity contribution in [3.05, 3.63) is 53.8 Å². The molecule has 1 heterocycles. The Kier molecular flexibility index (Phi) is 7.65. The summed E-state index contributed by atoms with van der Waals surface area (Å²) in [5.41, 5.74) is 2.68. The van der Waals surface area contributed by atoms with Crippen LogP contribution in [0.25, 0.3) is 0 Å². The van der Waals surface area contributed by atoms with E-state index in [1.54, 1.807) is 6.07 Å². The van der Waals surface area contributed by atoms with Gasteiger partial charge in [0, 0.05) is 31.0 Å². The Bertz CT molecular complexity index is 838. The number of morpholine rings is 1. The van der Waals surface area contributed by atoms with Crippen molar-refractivity contribution < 1.29 is 18.7 Å². The first kappa shape index (κ1) is 22.1. The number of methoxy groups -OCH3 is 1. The number of carbonyl (C=O) groups excluding carboxylic acids is 1. The van der Waals surface area contributed by atoms with E-state index in [1.807, 2.05) is 49.1 Å². The van der Waals surface area contributed by atoms with Crippen LogP contribution in [0.3, 0.4) is 0 Å². The Morgan fingerprint density at radius 1 is 1.23 bits per heavy atom. The van der Waals surface area contributed by atoms with E-state index in [9.17, 15) is 9.18 Å². The third-order valence-electron chi connectivity index (χ3n) is 5.45. The predicted octanol–water partition coefficient (Wildman–Crippen LogP) is 3.52. The average molecular weight is 416 g/mol. The van der Waals surface area contributed by atoms with Crippen molar-refractivity contribution in [2.75, 3.05) is 50.2 Å². The van der Waals surface area contributed by atoms with Crippen LogP contribution in [0, 0.1) is 5.82 Å². The van der Waals surface area contributed by atoms with Crippen LogP contribution in [0.5, 0.6) is 5.75 Å². The number of halogens is 1. The van der Waals surface area contributed by atoms with Crippen molar-refractivity contribution >= 4 is 17.3 Å². The molecule has 1 saturated heterocycles. The van der Waals surface area contributed by atoms with Gasteiger partial charge in [0.1, 0.15) is 0 Å². The van der Waals surface area contributed by atoms with Crippen molar-refractivity contribution in [3.8, 4) is 5.75 Å².